The summed E-state index contributed by atoms with van der Waals surface area (Å²) >= 11 is 2.59. The van der Waals surface area contributed by atoms with E-state index in [1.54, 1.807) is 11.3 Å². The van der Waals surface area contributed by atoms with Gasteiger partial charge in [-0.05, 0) is 54.3 Å². The van der Waals surface area contributed by atoms with Gasteiger partial charge in [0.15, 0.2) is 0 Å². The third-order valence-electron chi connectivity index (χ3n) is 3.46. The van der Waals surface area contributed by atoms with E-state index in [1.807, 2.05) is 55.6 Å². The number of thioether (sulfide) groups is 1. The summed E-state index contributed by atoms with van der Waals surface area (Å²) in [6, 6.07) is 9.87. The number of hydrogen-bond donors (Lipinski definition) is 0. The van der Waals surface area contributed by atoms with Crippen LogP contribution in [-0.2, 0) is 11.3 Å². The summed E-state index contributed by atoms with van der Waals surface area (Å²) in [4.78, 5) is 27.4. The Morgan fingerprint density at radius 1 is 1.18 bits per heavy atom. The summed E-state index contributed by atoms with van der Waals surface area (Å²) in [6.07, 6.45) is 1.82. The van der Waals surface area contributed by atoms with Crippen molar-refractivity contribution in [2.24, 2.45) is 0 Å². The molecule has 0 bridgehead atoms. The van der Waals surface area contributed by atoms with Crippen LogP contribution in [0.3, 0.4) is 0 Å². The van der Waals surface area contributed by atoms with Crippen molar-refractivity contribution in [2.45, 2.75) is 20.4 Å². The van der Waals surface area contributed by atoms with Gasteiger partial charge in [0.05, 0.1) is 11.4 Å². The molecule has 0 atom stereocenters. The maximum absolute atomic E-state index is 12.5. The molecule has 0 saturated carbocycles. The van der Waals surface area contributed by atoms with E-state index in [1.165, 1.54) is 4.90 Å². The van der Waals surface area contributed by atoms with Crippen molar-refractivity contribution in [1.29, 1.82) is 0 Å². The predicted octanol–water partition coefficient (Wildman–Crippen LogP) is 4.60. The molecule has 0 unspecified atom stereocenters. The molecular weight excluding hydrogens is 314 g/mol. The number of rotatable bonds is 3. The first-order valence-corrected chi connectivity index (χ1v) is 8.59. The van der Waals surface area contributed by atoms with Crippen LogP contribution < -0.4 is 0 Å². The quantitative estimate of drug-likeness (QED) is 0.772. The number of aryl methyl sites for hydroxylation is 2. The van der Waals surface area contributed by atoms with Crippen LogP contribution in [0.5, 0.6) is 0 Å². The van der Waals surface area contributed by atoms with E-state index in [0.29, 0.717) is 11.4 Å². The van der Waals surface area contributed by atoms with Gasteiger partial charge in [0, 0.05) is 4.88 Å². The molecule has 0 aliphatic carbocycles. The summed E-state index contributed by atoms with van der Waals surface area (Å²) in [5.41, 5.74) is 3.21. The number of thiophene rings is 1. The summed E-state index contributed by atoms with van der Waals surface area (Å²) in [6.45, 7) is 4.32. The fourth-order valence-corrected chi connectivity index (χ4v) is 4.03. The SMILES string of the molecule is Cc1cccc(CN2C(=O)S/C(=C/c3sccc3C)C2=O)c1. The number of imide groups is 1. The van der Waals surface area contributed by atoms with Crippen molar-refractivity contribution in [2.75, 3.05) is 0 Å². The Morgan fingerprint density at radius 2 is 2.00 bits per heavy atom. The molecular formula is C17H15NO2S2. The van der Waals surface area contributed by atoms with Crippen LogP contribution in [0.15, 0.2) is 40.6 Å². The monoisotopic (exact) mass is 329 g/mol. The van der Waals surface area contributed by atoms with E-state index in [4.69, 9.17) is 0 Å². The Hall–Kier alpha value is -1.85. The molecule has 3 rings (SSSR count). The van der Waals surface area contributed by atoms with Gasteiger partial charge in [0.2, 0.25) is 0 Å². The Bertz CT molecular complexity index is 776. The van der Waals surface area contributed by atoms with Crippen LogP contribution in [0.2, 0.25) is 0 Å². The van der Waals surface area contributed by atoms with Gasteiger partial charge in [-0.15, -0.1) is 11.3 Å². The van der Waals surface area contributed by atoms with E-state index >= 15 is 0 Å². The molecule has 3 nitrogen and oxygen atoms in total. The Kier molecular flexibility index (Phi) is 4.18. The van der Waals surface area contributed by atoms with Gasteiger partial charge in [-0.2, -0.15) is 0 Å². The molecule has 1 aliphatic heterocycles. The van der Waals surface area contributed by atoms with Crippen LogP contribution in [0.4, 0.5) is 4.79 Å². The van der Waals surface area contributed by atoms with Crippen molar-refractivity contribution in [3.63, 3.8) is 0 Å². The zero-order valence-electron chi connectivity index (χ0n) is 12.3. The van der Waals surface area contributed by atoms with Crippen molar-refractivity contribution in [3.05, 3.63) is 62.2 Å². The second-order valence-electron chi connectivity index (χ2n) is 5.22. The van der Waals surface area contributed by atoms with Crippen LogP contribution in [0.1, 0.15) is 21.6 Å². The standard InChI is InChI=1S/C17H15NO2S2/c1-11-4-3-5-13(8-11)10-18-16(19)15(22-17(18)20)9-14-12(2)6-7-21-14/h3-9H,10H2,1-2H3/b15-9+. The van der Waals surface area contributed by atoms with E-state index < -0.39 is 0 Å². The van der Waals surface area contributed by atoms with Gasteiger partial charge >= 0.3 is 0 Å². The zero-order valence-corrected chi connectivity index (χ0v) is 14.0. The van der Waals surface area contributed by atoms with Gasteiger partial charge in [-0.1, -0.05) is 29.8 Å². The third-order valence-corrected chi connectivity index (χ3v) is 5.33. The molecule has 1 aliphatic rings. The highest BCUT2D eigenvalue weighted by Crippen LogP contribution is 2.34. The van der Waals surface area contributed by atoms with Gasteiger partial charge in [-0.3, -0.25) is 14.5 Å². The van der Waals surface area contributed by atoms with Crippen LogP contribution >= 0.6 is 23.1 Å². The minimum atomic E-state index is -0.204. The van der Waals surface area contributed by atoms with Crippen LogP contribution in [0.25, 0.3) is 6.08 Å². The molecule has 1 aromatic heterocycles. The van der Waals surface area contributed by atoms with E-state index in [0.717, 1.165) is 33.3 Å². The third kappa shape index (κ3) is 3.00. The van der Waals surface area contributed by atoms with Gasteiger partial charge < -0.3 is 0 Å². The Labute approximate surface area is 137 Å². The maximum Gasteiger partial charge on any atom is 0.293 e. The smallest absolute Gasteiger partial charge is 0.268 e. The average molecular weight is 329 g/mol. The Balaban J connectivity index is 1.83. The molecule has 0 spiro atoms. The highest BCUT2D eigenvalue weighted by Gasteiger charge is 2.35. The number of nitrogens with zero attached hydrogens (tertiary/aromatic N) is 1. The predicted molar refractivity (Wildman–Crippen MR) is 91.7 cm³/mol. The lowest BCUT2D eigenvalue weighted by molar-refractivity contribution is -0.123. The van der Waals surface area contributed by atoms with E-state index in [2.05, 4.69) is 0 Å². The lowest BCUT2D eigenvalue weighted by atomic mass is 10.1. The first-order valence-electron chi connectivity index (χ1n) is 6.89. The lowest BCUT2D eigenvalue weighted by Crippen LogP contribution is -2.27. The average Bonchev–Trinajstić information content (AvgIpc) is 2.98. The lowest BCUT2D eigenvalue weighted by Gasteiger charge is -2.12. The molecule has 0 N–H and O–H groups in total. The minimum absolute atomic E-state index is 0.202. The van der Waals surface area contributed by atoms with E-state index in [-0.39, 0.29) is 11.1 Å². The zero-order chi connectivity index (χ0) is 15.7. The van der Waals surface area contributed by atoms with Crippen molar-refractivity contribution in [1.82, 2.24) is 4.90 Å². The van der Waals surface area contributed by atoms with E-state index in [9.17, 15) is 9.59 Å². The summed E-state index contributed by atoms with van der Waals surface area (Å²) < 4.78 is 0. The topological polar surface area (TPSA) is 37.4 Å². The molecule has 2 amide bonds. The number of carbonyl (C=O) groups is 2. The molecule has 1 fully saturated rings. The molecule has 2 aromatic rings. The van der Waals surface area contributed by atoms with Crippen molar-refractivity contribution >= 4 is 40.3 Å². The number of amides is 2. The molecule has 0 radical (unpaired) electrons. The first kappa shape index (κ1) is 15.1. The first-order chi connectivity index (χ1) is 10.5. The van der Waals surface area contributed by atoms with Crippen LogP contribution in [-0.4, -0.2) is 16.0 Å². The molecule has 2 heterocycles. The fraction of sp³-hybridized carbons (Fsp3) is 0.176. The Morgan fingerprint density at radius 3 is 2.68 bits per heavy atom. The van der Waals surface area contributed by atoms with Gasteiger partial charge in [-0.25, -0.2) is 0 Å². The number of hydrogen-bond acceptors (Lipinski definition) is 4. The number of benzene rings is 1. The normalized spacial score (nSPS) is 16.8. The molecule has 1 saturated heterocycles. The summed E-state index contributed by atoms with van der Waals surface area (Å²) in [5, 5.41) is 1.78. The fourth-order valence-electron chi connectivity index (χ4n) is 2.28. The summed E-state index contributed by atoms with van der Waals surface area (Å²) in [7, 11) is 0. The second kappa shape index (κ2) is 6.10. The highest BCUT2D eigenvalue weighted by atomic mass is 32.2. The van der Waals surface area contributed by atoms with Gasteiger partial charge in [0.25, 0.3) is 11.1 Å². The van der Waals surface area contributed by atoms with Crippen molar-refractivity contribution in [3.8, 4) is 0 Å². The summed E-state index contributed by atoms with van der Waals surface area (Å²) in [5.74, 6) is -0.204. The second-order valence-corrected chi connectivity index (χ2v) is 7.17. The largest absolute Gasteiger partial charge is 0.293 e. The highest BCUT2D eigenvalue weighted by molar-refractivity contribution is 8.18. The van der Waals surface area contributed by atoms with Gasteiger partial charge in [0.1, 0.15) is 0 Å². The molecule has 5 heteroatoms. The molecule has 1 aromatic carbocycles. The minimum Gasteiger partial charge on any atom is -0.268 e. The van der Waals surface area contributed by atoms with Crippen LogP contribution in [0, 0.1) is 13.8 Å². The van der Waals surface area contributed by atoms with Crippen molar-refractivity contribution < 1.29 is 9.59 Å². The maximum atomic E-state index is 12.5. The molecule has 112 valence electrons. The molecule has 22 heavy (non-hydrogen) atoms. The number of carbonyl (C=O) groups excluding carboxylic acids is 2.